The van der Waals surface area contributed by atoms with Crippen molar-refractivity contribution in [2.24, 2.45) is 0 Å². The Bertz CT molecular complexity index is 1290. The molecule has 2 aliphatic rings. The fourth-order valence-corrected chi connectivity index (χ4v) is 5.25. The Morgan fingerprint density at radius 1 is 0.946 bits per heavy atom. The molecule has 0 aliphatic carbocycles. The van der Waals surface area contributed by atoms with Gasteiger partial charge in [0, 0.05) is 30.8 Å². The molecule has 2 heterocycles. The van der Waals surface area contributed by atoms with Crippen LogP contribution < -0.4 is 14.8 Å². The smallest absolute Gasteiger partial charge is 0.306 e. The van der Waals surface area contributed by atoms with Gasteiger partial charge in [-0.05, 0) is 42.8 Å². The fraction of sp³-hybridized carbons (Fsp3) is 0.400. The van der Waals surface area contributed by atoms with Crippen LogP contribution in [0, 0.1) is 6.92 Å². The molecule has 1 N–H and O–H groups in total. The van der Waals surface area contributed by atoms with Crippen molar-refractivity contribution in [3.05, 3.63) is 47.5 Å². The molecule has 12 heteroatoms. The maximum absolute atomic E-state index is 12.9. The number of anilines is 1. The molecule has 0 bridgehead atoms. The van der Waals surface area contributed by atoms with Gasteiger partial charge in [-0.2, -0.15) is 4.31 Å². The first-order valence-electron chi connectivity index (χ1n) is 11.8. The number of nitrogens with zero attached hydrogens (tertiary/aromatic N) is 1. The molecule has 2 aromatic carbocycles. The Balaban J connectivity index is 1.27. The van der Waals surface area contributed by atoms with Crippen LogP contribution in [0.1, 0.15) is 28.8 Å². The molecule has 4 rings (SSSR count). The van der Waals surface area contributed by atoms with Gasteiger partial charge in [-0.1, -0.05) is 6.07 Å². The number of nitrogens with one attached hydrogen (secondary N) is 1. The highest BCUT2D eigenvalue weighted by Gasteiger charge is 2.27. The Morgan fingerprint density at radius 3 is 2.43 bits per heavy atom. The third kappa shape index (κ3) is 6.64. The lowest BCUT2D eigenvalue weighted by atomic mass is 10.1. The van der Waals surface area contributed by atoms with Crippen LogP contribution in [0.5, 0.6) is 11.5 Å². The third-order valence-corrected chi connectivity index (χ3v) is 7.77. The van der Waals surface area contributed by atoms with Crippen molar-refractivity contribution in [3.8, 4) is 11.5 Å². The monoisotopic (exact) mass is 532 g/mol. The number of esters is 1. The van der Waals surface area contributed by atoms with Crippen LogP contribution in [-0.4, -0.2) is 76.5 Å². The number of ketones is 1. The molecule has 2 aromatic rings. The number of sulfonamides is 1. The molecule has 37 heavy (non-hydrogen) atoms. The lowest BCUT2D eigenvalue weighted by Crippen LogP contribution is -2.40. The first-order chi connectivity index (χ1) is 17.7. The molecule has 0 unspecified atom stereocenters. The molecule has 2 aliphatic heterocycles. The van der Waals surface area contributed by atoms with E-state index < -0.39 is 28.5 Å². The lowest BCUT2D eigenvalue weighted by molar-refractivity contribution is -0.147. The van der Waals surface area contributed by atoms with Crippen LogP contribution in [0.25, 0.3) is 0 Å². The minimum Gasteiger partial charge on any atom is -0.486 e. The Labute approximate surface area is 214 Å². The first-order valence-corrected chi connectivity index (χ1v) is 13.2. The minimum absolute atomic E-state index is 0.0462. The summed E-state index contributed by atoms with van der Waals surface area (Å²) in [5, 5.41) is 2.58. The highest BCUT2D eigenvalue weighted by atomic mass is 32.2. The molecule has 0 spiro atoms. The second-order valence-corrected chi connectivity index (χ2v) is 10.4. The quantitative estimate of drug-likeness (QED) is 0.379. The van der Waals surface area contributed by atoms with Gasteiger partial charge in [0.05, 0.1) is 24.5 Å². The van der Waals surface area contributed by atoms with Gasteiger partial charge < -0.3 is 24.3 Å². The molecule has 0 aromatic heterocycles. The topological polar surface area (TPSA) is 138 Å². The number of amides is 1. The summed E-state index contributed by atoms with van der Waals surface area (Å²) in [7, 11) is -3.74. The summed E-state index contributed by atoms with van der Waals surface area (Å²) < 4.78 is 48.2. The molecular weight excluding hydrogens is 504 g/mol. The average molecular weight is 533 g/mol. The van der Waals surface area contributed by atoms with Gasteiger partial charge in [-0.25, -0.2) is 8.42 Å². The Morgan fingerprint density at radius 2 is 1.68 bits per heavy atom. The van der Waals surface area contributed by atoms with E-state index in [1.54, 1.807) is 31.2 Å². The molecule has 1 saturated heterocycles. The number of carbonyl (C=O) groups is 3. The largest absolute Gasteiger partial charge is 0.486 e. The standard InChI is InChI=1S/C25H28N2O9S/c1-17-2-4-19(37(31,32)27-8-10-33-11-9-27)15-20(17)26-24(29)16-36-25(30)7-5-21(28)18-3-6-22-23(14-18)35-13-12-34-22/h2-4,6,14-15H,5,7-13,16H2,1H3,(H,26,29). The summed E-state index contributed by atoms with van der Waals surface area (Å²) in [6, 6.07) is 9.28. The van der Waals surface area contributed by atoms with Gasteiger partial charge in [0.2, 0.25) is 10.0 Å². The maximum Gasteiger partial charge on any atom is 0.306 e. The molecule has 0 atom stereocenters. The zero-order valence-electron chi connectivity index (χ0n) is 20.4. The van der Waals surface area contributed by atoms with E-state index in [1.165, 1.54) is 16.4 Å². The van der Waals surface area contributed by atoms with Crippen LogP contribution in [-0.2, 0) is 29.1 Å². The number of morpholine rings is 1. The molecule has 198 valence electrons. The molecular formula is C25H28N2O9S. The van der Waals surface area contributed by atoms with E-state index in [4.69, 9.17) is 18.9 Å². The van der Waals surface area contributed by atoms with E-state index in [-0.39, 0.29) is 36.6 Å². The van der Waals surface area contributed by atoms with Gasteiger partial charge in [-0.3, -0.25) is 14.4 Å². The molecule has 1 amide bonds. The van der Waals surface area contributed by atoms with Gasteiger partial charge in [0.1, 0.15) is 13.2 Å². The number of hydrogen-bond donors (Lipinski definition) is 1. The van der Waals surface area contributed by atoms with E-state index in [2.05, 4.69) is 5.32 Å². The fourth-order valence-electron chi connectivity index (χ4n) is 3.81. The predicted molar refractivity (Wildman–Crippen MR) is 131 cm³/mol. The lowest BCUT2D eigenvalue weighted by Gasteiger charge is -2.26. The normalized spacial score (nSPS) is 15.6. The second kappa shape index (κ2) is 11.7. The summed E-state index contributed by atoms with van der Waals surface area (Å²) in [6.07, 6.45) is -0.298. The zero-order chi connectivity index (χ0) is 26.4. The van der Waals surface area contributed by atoms with Gasteiger partial charge in [0.15, 0.2) is 23.9 Å². The third-order valence-electron chi connectivity index (χ3n) is 5.88. The number of fused-ring (bicyclic) bond motifs is 1. The highest BCUT2D eigenvalue weighted by molar-refractivity contribution is 7.89. The first kappa shape index (κ1) is 26.6. The van der Waals surface area contributed by atoms with Crippen molar-refractivity contribution in [3.63, 3.8) is 0 Å². The van der Waals surface area contributed by atoms with E-state index in [0.717, 1.165) is 0 Å². The SMILES string of the molecule is Cc1ccc(S(=O)(=O)N2CCOCC2)cc1NC(=O)COC(=O)CCC(=O)c1ccc2c(c1)OCCO2. The zero-order valence-corrected chi connectivity index (χ0v) is 21.2. The summed E-state index contributed by atoms with van der Waals surface area (Å²) in [5.41, 5.74) is 1.33. The van der Waals surface area contributed by atoms with Crippen LogP contribution in [0.4, 0.5) is 5.69 Å². The Hall–Kier alpha value is -3.48. The van der Waals surface area contributed by atoms with Crippen molar-refractivity contribution in [2.75, 3.05) is 51.4 Å². The van der Waals surface area contributed by atoms with Crippen molar-refractivity contribution in [1.82, 2.24) is 4.31 Å². The molecule has 0 radical (unpaired) electrons. The van der Waals surface area contributed by atoms with Crippen molar-refractivity contribution < 1.29 is 41.7 Å². The number of ether oxygens (including phenoxy) is 4. The highest BCUT2D eigenvalue weighted by Crippen LogP contribution is 2.31. The van der Waals surface area contributed by atoms with Crippen molar-refractivity contribution >= 4 is 33.4 Å². The maximum atomic E-state index is 12.9. The van der Waals surface area contributed by atoms with Crippen LogP contribution in [0.2, 0.25) is 0 Å². The van der Waals surface area contributed by atoms with E-state index in [1.807, 2.05) is 0 Å². The summed E-state index contributed by atoms with van der Waals surface area (Å²) in [4.78, 5) is 37.0. The number of benzene rings is 2. The number of Topliss-reactive ketones (excluding diaryl/α,β-unsaturated/α-hetero) is 1. The summed E-state index contributed by atoms with van der Waals surface area (Å²) in [6.45, 7) is 3.14. The van der Waals surface area contributed by atoms with E-state index in [9.17, 15) is 22.8 Å². The van der Waals surface area contributed by atoms with Gasteiger partial charge >= 0.3 is 5.97 Å². The summed E-state index contributed by atoms with van der Waals surface area (Å²) >= 11 is 0. The number of carbonyl (C=O) groups excluding carboxylic acids is 3. The minimum atomic E-state index is -3.74. The number of aryl methyl sites for hydroxylation is 1. The van der Waals surface area contributed by atoms with Crippen LogP contribution in [0.3, 0.4) is 0 Å². The average Bonchev–Trinajstić information content (AvgIpc) is 2.91. The second-order valence-electron chi connectivity index (χ2n) is 8.48. The van der Waals surface area contributed by atoms with E-state index >= 15 is 0 Å². The molecule has 0 saturated carbocycles. The van der Waals surface area contributed by atoms with Crippen LogP contribution in [0.15, 0.2) is 41.3 Å². The van der Waals surface area contributed by atoms with Crippen molar-refractivity contribution in [1.29, 1.82) is 0 Å². The molecule has 11 nitrogen and oxygen atoms in total. The molecule has 1 fully saturated rings. The van der Waals surface area contributed by atoms with Gasteiger partial charge in [0.25, 0.3) is 5.91 Å². The van der Waals surface area contributed by atoms with Crippen molar-refractivity contribution in [2.45, 2.75) is 24.7 Å². The van der Waals surface area contributed by atoms with Crippen LogP contribution >= 0.6 is 0 Å². The summed E-state index contributed by atoms with van der Waals surface area (Å²) in [5.74, 6) is -0.564. The Kier molecular flexibility index (Phi) is 8.41. The number of hydrogen-bond acceptors (Lipinski definition) is 9. The van der Waals surface area contributed by atoms with Gasteiger partial charge in [-0.15, -0.1) is 0 Å². The van der Waals surface area contributed by atoms with E-state index in [0.29, 0.717) is 54.7 Å². The number of rotatable bonds is 9. The predicted octanol–water partition coefficient (Wildman–Crippen LogP) is 1.93.